The third-order valence-corrected chi connectivity index (χ3v) is 4.74. The Morgan fingerprint density at radius 3 is 1.55 bits per heavy atom. The maximum Gasteiger partial charge on any atom is 0.137 e. The smallest absolute Gasteiger partial charge is 0.137 e. The maximum atomic E-state index is 5.88. The van der Waals surface area contributed by atoms with E-state index in [0.717, 1.165) is 46.5 Å². The van der Waals surface area contributed by atoms with Crippen molar-refractivity contribution >= 4 is 31.9 Å². The lowest BCUT2D eigenvalue weighted by Gasteiger charge is -2.13. The van der Waals surface area contributed by atoms with E-state index in [9.17, 15) is 0 Å². The number of halogens is 2. The molecule has 0 atom stereocenters. The van der Waals surface area contributed by atoms with Crippen LogP contribution in [-0.2, 0) is 0 Å². The summed E-state index contributed by atoms with van der Waals surface area (Å²) in [7, 11) is 0. The van der Waals surface area contributed by atoms with Crippen LogP contribution in [0.1, 0.15) is 65.2 Å². The summed E-state index contributed by atoms with van der Waals surface area (Å²) >= 11 is 7.11. The van der Waals surface area contributed by atoms with Gasteiger partial charge in [0.15, 0.2) is 0 Å². The summed E-state index contributed by atoms with van der Waals surface area (Å²) in [5, 5.41) is 0. The molecule has 0 fully saturated rings. The maximum absolute atomic E-state index is 5.88. The quantitative estimate of drug-likeness (QED) is 0.325. The van der Waals surface area contributed by atoms with Gasteiger partial charge in [-0.25, -0.2) is 0 Å². The molecule has 0 aliphatic carbocycles. The van der Waals surface area contributed by atoms with Gasteiger partial charge in [-0.2, -0.15) is 0 Å². The van der Waals surface area contributed by atoms with Gasteiger partial charge in [0.1, 0.15) is 11.5 Å². The highest BCUT2D eigenvalue weighted by atomic mass is 79.9. The van der Waals surface area contributed by atoms with Crippen LogP contribution in [0.15, 0.2) is 21.1 Å². The molecule has 0 saturated carbocycles. The van der Waals surface area contributed by atoms with Gasteiger partial charge in [-0.3, -0.25) is 0 Å². The molecular weight excluding hydrogens is 408 g/mol. The molecule has 0 aromatic heterocycles. The molecule has 0 heterocycles. The second kappa shape index (κ2) is 12.2. The number of ether oxygens (including phenoxy) is 2. The number of hydrogen-bond acceptors (Lipinski definition) is 2. The van der Waals surface area contributed by atoms with Crippen molar-refractivity contribution in [3.05, 3.63) is 21.1 Å². The highest BCUT2D eigenvalue weighted by molar-refractivity contribution is 9.11. The van der Waals surface area contributed by atoms with Crippen molar-refractivity contribution in [2.24, 2.45) is 0 Å². The van der Waals surface area contributed by atoms with Gasteiger partial charge in [-0.05, 0) is 50.8 Å². The zero-order valence-corrected chi connectivity index (χ0v) is 17.0. The van der Waals surface area contributed by atoms with Crippen molar-refractivity contribution in [3.8, 4) is 11.5 Å². The fourth-order valence-corrected chi connectivity index (χ4v) is 3.38. The van der Waals surface area contributed by atoms with E-state index in [1.807, 2.05) is 12.1 Å². The van der Waals surface area contributed by atoms with Crippen LogP contribution in [-0.4, -0.2) is 13.2 Å². The number of rotatable bonds is 12. The van der Waals surface area contributed by atoms with Gasteiger partial charge in [0.05, 0.1) is 22.2 Å². The lowest BCUT2D eigenvalue weighted by molar-refractivity contribution is 0.288. The third kappa shape index (κ3) is 7.87. The van der Waals surface area contributed by atoms with E-state index in [4.69, 9.17) is 9.47 Å². The predicted octanol–water partition coefficient (Wildman–Crippen LogP) is 7.13. The Bertz CT molecular complexity index is 387. The zero-order chi connectivity index (χ0) is 16.2. The summed E-state index contributed by atoms with van der Waals surface area (Å²) in [6, 6.07) is 3.98. The Kier molecular flexibility index (Phi) is 11.0. The summed E-state index contributed by atoms with van der Waals surface area (Å²) in [6.45, 7) is 5.96. The van der Waals surface area contributed by atoms with Gasteiger partial charge in [-0.15, -0.1) is 0 Å². The molecule has 0 aliphatic rings. The van der Waals surface area contributed by atoms with Crippen molar-refractivity contribution in [2.45, 2.75) is 65.2 Å². The number of unbranched alkanes of at least 4 members (excludes halogenated alkanes) is 6. The molecule has 1 rings (SSSR count). The van der Waals surface area contributed by atoms with Crippen LogP contribution in [0.25, 0.3) is 0 Å². The van der Waals surface area contributed by atoms with Crippen LogP contribution < -0.4 is 9.47 Å². The van der Waals surface area contributed by atoms with E-state index in [1.54, 1.807) is 0 Å². The van der Waals surface area contributed by atoms with E-state index in [0.29, 0.717) is 0 Å². The summed E-state index contributed by atoms with van der Waals surface area (Å²) in [6.07, 6.45) is 9.70. The molecule has 22 heavy (non-hydrogen) atoms. The largest absolute Gasteiger partial charge is 0.492 e. The van der Waals surface area contributed by atoms with Crippen molar-refractivity contribution in [3.63, 3.8) is 0 Å². The fourth-order valence-electron chi connectivity index (χ4n) is 2.15. The highest BCUT2D eigenvalue weighted by Gasteiger charge is 2.09. The fraction of sp³-hybridized carbons (Fsp3) is 0.667. The van der Waals surface area contributed by atoms with Crippen LogP contribution in [0, 0.1) is 0 Å². The first-order chi connectivity index (χ1) is 10.7. The Balaban J connectivity index is 2.46. The van der Waals surface area contributed by atoms with Gasteiger partial charge in [0.2, 0.25) is 0 Å². The van der Waals surface area contributed by atoms with Crippen molar-refractivity contribution in [1.82, 2.24) is 0 Å². The van der Waals surface area contributed by atoms with Crippen LogP contribution >= 0.6 is 31.9 Å². The van der Waals surface area contributed by atoms with Gasteiger partial charge in [0, 0.05) is 6.07 Å². The van der Waals surface area contributed by atoms with Crippen LogP contribution in [0.4, 0.5) is 0 Å². The van der Waals surface area contributed by atoms with Gasteiger partial charge < -0.3 is 9.47 Å². The van der Waals surface area contributed by atoms with Crippen molar-refractivity contribution < 1.29 is 9.47 Å². The van der Waals surface area contributed by atoms with Crippen LogP contribution in [0.3, 0.4) is 0 Å². The first kappa shape index (κ1) is 19.8. The van der Waals surface area contributed by atoms with E-state index < -0.39 is 0 Å². The molecule has 0 radical (unpaired) electrons. The molecule has 0 amide bonds. The Labute approximate surface area is 152 Å². The van der Waals surface area contributed by atoms with Gasteiger partial charge >= 0.3 is 0 Å². The Morgan fingerprint density at radius 2 is 1.14 bits per heavy atom. The average Bonchev–Trinajstić information content (AvgIpc) is 2.50. The molecule has 126 valence electrons. The predicted molar refractivity (Wildman–Crippen MR) is 101 cm³/mol. The van der Waals surface area contributed by atoms with E-state index in [2.05, 4.69) is 45.7 Å². The van der Waals surface area contributed by atoms with Gasteiger partial charge in [-0.1, -0.05) is 52.4 Å². The minimum atomic E-state index is 0.760. The molecule has 0 saturated heterocycles. The molecule has 0 N–H and O–H groups in total. The molecular formula is C18H28Br2O2. The van der Waals surface area contributed by atoms with E-state index in [1.165, 1.54) is 38.5 Å². The molecule has 0 aliphatic heterocycles. The minimum Gasteiger partial charge on any atom is -0.492 e. The third-order valence-electron chi connectivity index (χ3n) is 3.50. The highest BCUT2D eigenvalue weighted by Crippen LogP contribution is 2.36. The second-order valence-corrected chi connectivity index (χ2v) is 7.24. The number of benzene rings is 1. The summed E-state index contributed by atoms with van der Waals surface area (Å²) in [4.78, 5) is 0. The normalized spacial score (nSPS) is 10.7. The average molecular weight is 436 g/mol. The van der Waals surface area contributed by atoms with Crippen LogP contribution in [0.2, 0.25) is 0 Å². The van der Waals surface area contributed by atoms with Crippen molar-refractivity contribution in [2.75, 3.05) is 13.2 Å². The molecule has 0 bridgehead atoms. The molecule has 2 nitrogen and oxygen atoms in total. The van der Waals surface area contributed by atoms with Gasteiger partial charge in [0.25, 0.3) is 0 Å². The summed E-state index contributed by atoms with van der Waals surface area (Å²) in [5.41, 5.74) is 0. The lowest BCUT2D eigenvalue weighted by atomic mass is 10.2. The topological polar surface area (TPSA) is 18.5 Å². The SMILES string of the molecule is CCCCCCOc1cc(OCCCCCC)c(Br)cc1Br. The van der Waals surface area contributed by atoms with E-state index in [-0.39, 0.29) is 0 Å². The number of hydrogen-bond donors (Lipinski definition) is 0. The standard InChI is InChI=1S/C18H28Br2O2/c1-3-5-7-9-11-21-17-14-18(16(20)13-15(17)19)22-12-10-8-6-4-2/h13-14H,3-12H2,1-2H3. The lowest BCUT2D eigenvalue weighted by Crippen LogP contribution is -2.01. The minimum absolute atomic E-state index is 0.760. The second-order valence-electron chi connectivity index (χ2n) is 5.53. The Morgan fingerprint density at radius 1 is 0.682 bits per heavy atom. The molecule has 0 spiro atoms. The summed E-state index contributed by atoms with van der Waals surface area (Å²) in [5.74, 6) is 1.73. The first-order valence-corrected chi connectivity index (χ1v) is 10.0. The molecule has 0 unspecified atom stereocenters. The first-order valence-electron chi connectivity index (χ1n) is 8.43. The molecule has 4 heteroatoms. The van der Waals surface area contributed by atoms with Crippen LogP contribution in [0.5, 0.6) is 11.5 Å². The molecule has 1 aromatic carbocycles. The monoisotopic (exact) mass is 434 g/mol. The van der Waals surface area contributed by atoms with Crippen molar-refractivity contribution in [1.29, 1.82) is 0 Å². The summed E-state index contributed by atoms with van der Waals surface area (Å²) < 4.78 is 13.7. The Hall–Kier alpha value is -0.220. The zero-order valence-electron chi connectivity index (χ0n) is 13.8. The van der Waals surface area contributed by atoms with E-state index >= 15 is 0 Å². The molecule has 1 aromatic rings.